The Morgan fingerprint density at radius 3 is 2.27 bits per heavy atom. The first kappa shape index (κ1) is 24.2. The molecule has 1 aliphatic heterocycles. The maximum atomic E-state index is 14.5. The lowest BCUT2D eigenvalue weighted by Gasteiger charge is -2.60. The fraction of sp³-hybridized carbons (Fsp3) is 0.893. The van der Waals surface area contributed by atoms with Gasteiger partial charge in [-0.15, -0.1) is 0 Å². The summed E-state index contributed by atoms with van der Waals surface area (Å²) in [5.74, 6) is 0.605. The lowest BCUT2D eigenvalue weighted by molar-refractivity contribution is -0.238. The maximum Gasteiger partial charge on any atom is 0.192 e. The van der Waals surface area contributed by atoms with E-state index < -0.39 is 19.5 Å². The lowest BCUT2D eigenvalue weighted by atomic mass is 9.45. The summed E-state index contributed by atoms with van der Waals surface area (Å²) < 4.78 is 20.4. The molecular formula is C28H46O4Si. The molecule has 1 saturated heterocycles. The van der Waals surface area contributed by atoms with Crippen molar-refractivity contribution in [2.24, 2.45) is 34.0 Å². The first-order valence-electron chi connectivity index (χ1n) is 13.8. The maximum absolute atomic E-state index is 14.5. The van der Waals surface area contributed by atoms with E-state index in [1.54, 1.807) is 0 Å². The monoisotopic (exact) mass is 474 g/mol. The number of ether oxygens (including phenoxy) is 2. The predicted molar refractivity (Wildman–Crippen MR) is 133 cm³/mol. The van der Waals surface area contributed by atoms with Crippen LogP contribution in [0, 0.1) is 34.0 Å². The van der Waals surface area contributed by atoms with Gasteiger partial charge in [0.05, 0.1) is 19.3 Å². The Bertz CT molecular complexity index is 835. The van der Waals surface area contributed by atoms with Gasteiger partial charge in [-0.1, -0.05) is 54.5 Å². The van der Waals surface area contributed by atoms with Gasteiger partial charge in [-0.3, -0.25) is 4.79 Å². The third-order valence-corrected chi connectivity index (χ3v) is 16.3. The van der Waals surface area contributed by atoms with E-state index in [0.29, 0.717) is 37.3 Å². The number of rotatable bonds is 5. The van der Waals surface area contributed by atoms with Crippen molar-refractivity contribution in [3.05, 3.63) is 11.6 Å². The Hall–Kier alpha value is -0.493. The summed E-state index contributed by atoms with van der Waals surface area (Å²) in [4.78, 5) is 14.5. The van der Waals surface area contributed by atoms with Gasteiger partial charge in [0.15, 0.2) is 14.1 Å². The number of carbonyl (C=O) groups excluding carboxylic acids is 1. The Labute approximate surface area is 202 Å². The molecule has 186 valence electrons. The van der Waals surface area contributed by atoms with E-state index in [0.717, 1.165) is 43.8 Å². The van der Waals surface area contributed by atoms with Crippen molar-refractivity contribution < 1.29 is 18.7 Å². The number of hydrogen-bond acceptors (Lipinski definition) is 4. The zero-order chi connectivity index (χ0) is 23.9. The zero-order valence-electron chi connectivity index (χ0n) is 22.1. The molecular weight excluding hydrogens is 428 g/mol. The molecule has 4 fully saturated rings. The van der Waals surface area contributed by atoms with Crippen molar-refractivity contribution >= 4 is 14.1 Å². The number of Topliss-reactive ketones (excluding diaryl/α,β-unsaturated/α-hetero) is 1. The molecule has 5 rings (SSSR count). The van der Waals surface area contributed by atoms with Crippen molar-refractivity contribution in [2.45, 2.75) is 111 Å². The van der Waals surface area contributed by atoms with Gasteiger partial charge in [-0.05, 0) is 54.8 Å². The fourth-order valence-electron chi connectivity index (χ4n) is 8.94. The number of fused-ring (bicyclic) bond motifs is 2. The van der Waals surface area contributed by atoms with Crippen LogP contribution in [0.15, 0.2) is 11.6 Å². The summed E-state index contributed by atoms with van der Waals surface area (Å²) in [6.07, 6.45) is 7.40. The quantitative estimate of drug-likeness (QED) is 0.337. The molecule has 4 nitrogen and oxygen atoms in total. The first-order valence-corrected chi connectivity index (χ1v) is 16.3. The van der Waals surface area contributed by atoms with Gasteiger partial charge in [0.1, 0.15) is 5.78 Å². The van der Waals surface area contributed by atoms with Crippen molar-refractivity contribution in [1.29, 1.82) is 0 Å². The van der Waals surface area contributed by atoms with Gasteiger partial charge < -0.3 is 13.9 Å². The summed E-state index contributed by atoms with van der Waals surface area (Å²) >= 11 is 0. The third kappa shape index (κ3) is 2.95. The van der Waals surface area contributed by atoms with Crippen molar-refractivity contribution in [2.75, 3.05) is 13.2 Å². The summed E-state index contributed by atoms with van der Waals surface area (Å²) in [5.41, 5.74) is 0.904. The minimum Gasteiger partial charge on any atom is -0.410 e. The van der Waals surface area contributed by atoms with Gasteiger partial charge in [0, 0.05) is 35.0 Å². The van der Waals surface area contributed by atoms with Gasteiger partial charge in [0.2, 0.25) is 0 Å². The Balaban J connectivity index is 1.71. The Morgan fingerprint density at radius 1 is 1.03 bits per heavy atom. The molecule has 4 bridgehead atoms. The van der Waals surface area contributed by atoms with Crippen LogP contribution in [0.2, 0.25) is 18.1 Å². The second-order valence-electron chi connectivity index (χ2n) is 12.6. The van der Waals surface area contributed by atoms with E-state index in [-0.39, 0.29) is 22.9 Å². The highest BCUT2D eigenvalue weighted by molar-refractivity contribution is 6.73. The van der Waals surface area contributed by atoms with Crippen LogP contribution >= 0.6 is 0 Å². The van der Waals surface area contributed by atoms with Crippen LogP contribution < -0.4 is 0 Å². The number of hydrogen-bond donors (Lipinski definition) is 0. The number of carbonyl (C=O) groups is 1. The van der Waals surface area contributed by atoms with Gasteiger partial charge in [-0.25, -0.2) is 0 Å². The fourth-order valence-corrected chi connectivity index (χ4v) is 11.8. The Morgan fingerprint density at radius 2 is 1.67 bits per heavy atom. The average Bonchev–Trinajstić information content (AvgIpc) is 3.47. The van der Waals surface area contributed by atoms with E-state index in [9.17, 15) is 4.79 Å². The normalized spacial score (nSPS) is 46.3. The topological polar surface area (TPSA) is 44.8 Å². The number of ketones is 1. The highest BCUT2D eigenvalue weighted by Crippen LogP contribution is 2.73. The van der Waals surface area contributed by atoms with Gasteiger partial charge in [0.25, 0.3) is 0 Å². The molecule has 7 atom stereocenters. The molecule has 0 amide bonds. The van der Waals surface area contributed by atoms with Crippen LogP contribution in [0.5, 0.6) is 0 Å². The summed E-state index contributed by atoms with van der Waals surface area (Å²) in [6, 6.07) is 3.43. The minimum atomic E-state index is -1.86. The molecule has 5 heteroatoms. The van der Waals surface area contributed by atoms with Crippen molar-refractivity contribution in [1.82, 2.24) is 0 Å². The van der Waals surface area contributed by atoms with E-state index >= 15 is 0 Å². The molecule has 1 spiro atoms. The van der Waals surface area contributed by atoms with Crippen LogP contribution in [-0.4, -0.2) is 39.2 Å². The summed E-state index contributed by atoms with van der Waals surface area (Å²) in [6.45, 7) is 17.5. The molecule has 0 radical (unpaired) electrons. The van der Waals surface area contributed by atoms with Crippen molar-refractivity contribution in [3.8, 4) is 0 Å². The molecule has 0 aromatic rings. The molecule has 0 aromatic carbocycles. The molecule has 4 aliphatic carbocycles. The molecule has 33 heavy (non-hydrogen) atoms. The summed E-state index contributed by atoms with van der Waals surface area (Å²) in [5, 5.41) is 0. The van der Waals surface area contributed by atoms with Crippen molar-refractivity contribution in [3.63, 3.8) is 0 Å². The predicted octanol–water partition coefficient (Wildman–Crippen LogP) is 6.51. The molecule has 0 aromatic heterocycles. The smallest absolute Gasteiger partial charge is 0.192 e. The highest BCUT2D eigenvalue weighted by atomic mass is 28.4. The summed E-state index contributed by atoms with van der Waals surface area (Å²) in [7, 11) is -1.86. The molecule has 0 N–H and O–H groups in total. The van der Waals surface area contributed by atoms with Crippen LogP contribution in [0.4, 0.5) is 0 Å². The third-order valence-electron chi connectivity index (χ3n) is 11.7. The Kier molecular flexibility index (Phi) is 5.69. The molecule has 1 unspecified atom stereocenters. The van der Waals surface area contributed by atoms with E-state index in [4.69, 9.17) is 13.9 Å². The molecule has 3 saturated carbocycles. The standard InChI is InChI=1S/C28H46O4Si/c1-8-33(9-2,10-3)32-23-21-17-20(5)25(23,6)18-22(29)26(7)19(4)11-12-27(21)13-14-28(24(26)27)30-15-16-31-28/h17,19-20,23-24H,8-16,18H2,1-7H3/t19-,20-,23+,24?,25+,26+,27+/m1/s1. The zero-order valence-corrected chi connectivity index (χ0v) is 23.1. The van der Waals surface area contributed by atoms with E-state index in [1.807, 2.05) is 0 Å². The van der Waals surface area contributed by atoms with Crippen LogP contribution in [0.25, 0.3) is 0 Å². The van der Waals surface area contributed by atoms with Crippen LogP contribution in [0.1, 0.15) is 80.6 Å². The first-order chi connectivity index (χ1) is 15.6. The number of allylic oxidation sites excluding steroid dienone is 1. The second kappa shape index (κ2) is 7.75. The van der Waals surface area contributed by atoms with Crippen LogP contribution in [0.3, 0.4) is 0 Å². The molecule has 5 aliphatic rings. The van der Waals surface area contributed by atoms with E-state index in [1.165, 1.54) is 5.57 Å². The largest absolute Gasteiger partial charge is 0.410 e. The average molecular weight is 475 g/mol. The molecule has 1 heterocycles. The highest BCUT2D eigenvalue weighted by Gasteiger charge is 2.74. The van der Waals surface area contributed by atoms with Gasteiger partial charge in [-0.2, -0.15) is 0 Å². The van der Waals surface area contributed by atoms with Gasteiger partial charge >= 0.3 is 0 Å². The van der Waals surface area contributed by atoms with E-state index in [2.05, 4.69) is 54.5 Å². The second-order valence-corrected chi connectivity index (χ2v) is 17.3. The SMILES string of the molecule is CC[Si](CC)(CC)O[C@H]1C2=C[C@@H](C)[C@]1(C)CC(=O)[C@@]1(C)C3C4(CC[C@@]23CC[C@H]1C)OCCO4. The minimum absolute atomic E-state index is 0.0479. The van der Waals surface area contributed by atoms with Crippen LogP contribution in [-0.2, 0) is 18.7 Å². The lowest BCUT2D eigenvalue weighted by Crippen LogP contribution is -2.63.